The number of carbonyl (C=O) groups excluding carboxylic acids is 1. The Labute approximate surface area is 109 Å². The van der Waals surface area contributed by atoms with E-state index in [1.165, 1.54) is 0 Å². The van der Waals surface area contributed by atoms with Crippen LogP contribution in [-0.4, -0.2) is 72.4 Å². The summed E-state index contributed by atoms with van der Waals surface area (Å²) in [6, 6.07) is -0.134. The number of hydrogen-bond donors (Lipinski definition) is 1. The Hall–Kier alpha value is -0.650. The number of amides is 1. The fourth-order valence-corrected chi connectivity index (χ4v) is 2.63. The molecule has 0 aromatic carbocycles. The predicted octanol–water partition coefficient (Wildman–Crippen LogP) is -0.0636. The number of β-amino-alcohol motifs (C(OH)–C–C–N with tert-alkyl or cyclic N) is 1. The molecule has 1 amide bonds. The third kappa shape index (κ3) is 3.02. The van der Waals surface area contributed by atoms with Gasteiger partial charge in [0.05, 0.1) is 25.4 Å². The van der Waals surface area contributed by atoms with E-state index in [1.807, 2.05) is 11.8 Å². The van der Waals surface area contributed by atoms with Crippen LogP contribution in [0.25, 0.3) is 0 Å². The van der Waals surface area contributed by atoms with E-state index in [0.29, 0.717) is 38.8 Å². The van der Waals surface area contributed by atoms with Crippen LogP contribution in [0.4, 0.5) is 0 Å². The average molecular weight is 256 g/mol. The molecular formula is C13H24N2O3. The van der Waals surface area contributed by atoms with Crippen molar-refractivity contribution in [2.45, 2.75) is 32.4 Å². The first-order chi connectivity index (χ1) is 8.59. The summed E-state index contributed by atoms with van der Waals surface area (Å²) in [5, 5.41) is 9.90. The molecule has 0 spiro atoms. The zero-order chi connectivity index (χ0) is 13.1. The number of likely N-dealkylation sites (tertiary alicyclic amines) is 1. The van der Waals surface area contributed by atoms with Crippen molar-refractivity contribution in [1.82, 2.24) is 9.80 Å². The molecule has 0 aromatic rings. The van der Waals surface area contributed by atoms with Gasteiger partial charge in [-0.15, -0.1) is 0 Å². The first kappa shape index (κ1) is 13.8. The van der Waals surface area contributed by atoms with Crippen molar-refractivity contribution < 1.29 is 14.6 Å². The van der Waals surface area contributed by atoms with Gasteiger partial charge in [0.2, 0.25) is 5.91 Å². The van der Waals surface area contributed by atoms with Crippen molar-refractivity contribution in [3.63, 3.8) is 0 Å². The van der Waals surface area contributed by atoms with Crippen LogP contribution in [0.5, 0.6) is 0 Å². The normalized spacial score (nSPS) is 32.3. The summed E-state index contributed by atoms with van der Waals surface area (Å²) in [7, 11) is 0. The summed E-state index contributed by atoms with van der Waals surface area (Å²) in [6.45, 7) is 8.17. The van der Waals surface area contributed by atoms with Crippen molar-refractivity contribution >= 4 is 5.91 Å². The third-order valence-corrected chi connectivity index (χ3v) is 4.18. The molecule has 0 saturated carbocycles. The summed E-state index contributed by atoms with van der Waals surface area (Å²) in [6.07, 6.45) is 0.653. The van der Waals surface area contributed by atoms with E-state index in [1.54, 1.807) is 0 Å². The number of piperidine rings is 1. The number of aliphatic hydroxyl groups is 1. The molecule has 2 rings (SSSR count). The van der Waals surface area contributed by atoms with E-state index >= 15 is 0 Å². The van der Waals surface area contributed by atoms with E-state index in [0.717, 1.165) is 13.0 Å². The zero-order valence-electron chi connectivity index (χ0n) is 11.3. The van der Waals surface area contributed by atoms with E-state index < -0.39 is 0 Å². The molecule has 2 aliphatic rings. The lowest BCUT2D eigenvalue weighted by Gasteiger charge is -2.39. The molecular weight excluding hydrogens is 232 g/mol. The number of nitrogens with zero attached hydrogens (tertiary/aromatic N) is 2. The first-order valence-electron chi connectivity index (χ1n) is 6.88. The fraction of sp³-hybridized carbons (Fsp3) is 0.923. The van der Waals surface area contributed by atoms with Crippen LogP contribution in [-0.2, 0) is 9.53 Å². The molecule has 104 valence electrons. The minimum atomic E-state index is -0.307. The molecule has 5 heteroatoms. The van der Waals surface area contributed by atoms with Crippen LogP contribution in [0.3, 0.4) is 0 Å². The summed E-state index contributed by atoms with van der Waals surface area (Å²) >= 11 is 0. The molecule has 18 heavy (non-hydrogen) atoms. The van der Waals surface area contributed by atoms with E-state index in [-0.39, 0.29) is 18.1 Å². The SMILES string of the molecule is CC1CCN(C(C)C(=O)N2CCOCC2)CC1O. The van der Waals surface area contributed by atoms with Crippen LogP contribution in [0.2, 0.25) is 0 Å². The van der Waals surface area contributed by atoms with E-state index in [2.05, 4.69) is 11.8 Å². The highest BCUT2D eigenvalue weighted by atomic mass is 16.5. The second-order valence-corrected chi connectivity index (χ2v) is 5.44. The third-order valence-electron chi connectivity index (χ3n) is 4.18. The summed E-state index contributed by atoms with van der Waals surface area (Å²) in [4.78, 5) is 16.3. The fourth-order valence-electron chi connectivity index (χ4n) is 2.63. The van der Waals surface area contributed by atoms with Crippen molar-refractivity contribution in [3.8, 4) is 0 Å². The van der Waals surface area contributed by atoms with Crippen LogP contribution < -0.4 is 0 Å². The van der Waals surface area contributed by atoms with Gasteiger partial charge in [0, 0.05) is 19.6 Å². The summed E-state index contributed by atoms with van der Waals surface area (Å²) < 4.78 is 5.26. The Morgan fingerprint density at radius 2 is 2.00 bits per heavy atom. The van der Waals surface area contributed by atoms with Gasteiger partial charge in [-0.05, 0) is 25.8 Å². The molecule has 0 bridgehead atoms. The second-order valence-electron chi connectivity index (χ2n) is 5.44. The van der Waals surface area contributed by atoms with Gasteiger partial charge in [-0.2, -0.15) is 0 Å². The lowest BCUT2D eigenvalue weighted by Crippen LogP contribution is -2.54. The zero-order valence-corrected chi connectivity index (χ0v) is 11.3. The van der Waals surface area contributed by atoms with Crippen LogP contribution >= 0.6 is 0 Å². The minimum Gasteiger partial charge on any atom is -0.392 e. The van der Waals surface area contributed by atoms with Gasteiger partial charge in [-0.1, -0.05) is 6.92 Å². The van der Waals surface area contributed by atoms with Crippen LogP contribution in [0, 0.1) is 5.92 Å². The molecule has 2 heterocycles. The van der Waals surface area contributed by atoms with Gasteiger partial charge in [0.1, 0.15) is 0 Å². The minimum absolute atomic E-state index is 0.134. The molecule has 2 aliphatic heterocycles. The molecule has 0 radical (unpaired) electrons. The molecule has 0 aliphatic carbocycles. The second kappa shape index (κ2) is 5.99. The molecule has 0 aromatic heterocycles. The number of hydrogen-bond acceptors (Lipinski definition) is 4. The van der Waals surface area contributed by atoms with Crippen molar-refractivity contribution in [3.05, 3.63) is 0 Å². The number of ether oxygens (including phenoxy) is 1. The number of aliphatic hydroxyl groups excluding tert-OH is 1. The Morgan fingerprint density at radius 1 is 1.33 bits per heavy atom. The quantitative estimate of drug-likeness (QED) is 0.752. The largest absolute Gasteiger partial charge is 0.392 e. The number of carbonyl (C=O) groups is 1. The van der Waals surface area contributed by atoms with Crippen molar-refractivity contribution in [2.24, 2.45) is 5.92 Å². The standard InChI is InChI=1S/C13H24N2O3/c1-10-3-4-15(9-12(10)16)11(2)13(17)14-5-7-18-8-6-14/h10-12,16H,3-9H2,1-2H3. The molecule has 3 unspecified atom stereocenters. The topological polar surface area (TPSA) is 53.0 Å². The maximum atomic E-state index is 12.3. The molecule has 1 N–H and O–H groups in total. The van der Waals surface area contributed by atoms with Gasteiger partial charge in [-0.3, -0.25) is 9.69 Å². The number of morpholine rings is 1. The Bertz CT molecular complexity index is 292. The molecule has 5 nitrogen and oxygen atoms in total. The highest BCUT2D eigenvalue weighted by Gasteiger charge is 2.32. The lowest BCUT2D eigenvalue weighted by atomic mass is 9.95. The summed E-state index contributed by atoms with van der Waals surface area (Å²) in [5.41, 5.74) is 0. The smallest absolute Gasteiger partial charge is 0.239 e. The first-order valence-corrected chi connectivity index (χ1v) is 6.88. The van der Waals surface area contributed by atoms with Crippen LogP contribution in [0.15, 0.2) is 0 Å². The Morgan fingerprint density at radius 3 is 2.61 bits per heavy atom. The van der Waals surface area contributed by atoms with Gasteiger partial charge in [0.15, 0.2) is 0 Å². The van der Waals surface area contributed by atoms with E-state index in [9.17, 15) is 9.90 Å². The average Bonchev–Trinajstić information content (AvgIpc) is 2.41. The number of rotatable bonds is 2. The van der Waals surface area contributed by atoms with Gasteiger partial charge in [-0.25, -0.2) is 0 Å². The van der Waals surface area contributed by atoms with E-state index in [4.69, 9.17) is 4.74 Å². The van der Waals surface area contributed by atoms with Gasteiger partial charge in [0.25, 0.3) is 0 Å². The highest BCUT2D eigenvalue weighted by molar-refractivity contribution is 5.81. The van der Waals surface area contributed by atoms with Gasteiger partial charge < -0.3 is 14.7 Å². The maximum absolute atomic E-state index is 12.3. The summed E-state index contributed by atoms with van der Waals surface area (Å²) in [5.74, 6) is 0.506. The van der Waals surface area contributed by atoms with Crippen LogP contribution in [0.1, 0.15) is 20.3 Å². The highest BCUT2D eigenvalue weighted by Crippen LogP contribution is 2.19. The van der Waals surface area contributed by atoms with Gasteiger partial charge >= 0.3 is 0 Å². The van der Waals surface area contributed by atoms with Crippen molar-refractivity contribution in [2.75, 3.05) is 39.4 Å². The Kier molecular flexibility index (Phi) is 4.59. The molecule has 3 atom stereocenters. The molecule has 2 saturated heterocycles. The Balaban J connectivity index is 1.89. The maximum Gasteiger partial charge on any atom is 0.239 e. The lowest BCUT2D eigenvalue weighted by molar-refractivity contribution is -0.142. The molecule has 2 fully saturated rings. The monoisotopic (exact) mass is 256 g/mol. The predicted molar refractivity (Wildman–Crippen MR) is 68.2 cm³/mol. The van der Waals surface area contributed by atoms with Crippen molar-refractivity contribution in [1.29, 1.82) is 0 Å².